The first kappa shape index (κ1) is 14.0. The second-order valence-corrected chi connectivity index (χ2v) is 4.45. The Bertz CT molecular complexity index is 253. The van der Waals surface area contributed by atoms with Crippen molar-refractivity contribution in [2.24, 2.45) is 5.92 Å². The molecule has 0 amide bonds. The molecule has 5 nitrogen and oxygen atoms in total. The van der Waals surface area contributed by atoms with E-state index in [1.54, 1.807) is 0 Å². The molecule has 3 atom stereocenters. The molecule has 0 radical (unpaired) electrons. The molecule has 1 aliphatic carbocycles. The third-order valence-corrected chi connectivity index (χ3v) is 3.00. The molecule has 98 valence electrons. The molecule has 1 aliphatic rings. The number of carbonyl (C=O) groups is 2. The molecule has 0 heterocycles. The van der Waals surface area contributed by atoms with Gasteiger partial charge in [0, 0.05) is 6.42 Å². The van der Waals surface area contributed by atoms with Crippen LogP contribution < -0.4 is 0 Å². The van der Waals surface area contributed by atoms with Crippen LogP contribution in [0.5, 0.6) is 0 Å². The maximum atomic E-state index is 11.3. The summed E-state index contributed by atoms with van der Waals surface area (Å²) in [6.07, 6.45) is 2.03. The molecular formula is C12H20O5. The summed E-state index contributed by atoms with van der Waals surface area (Å²) in [6, 6.07) is 0. The van der Waals surface area contributed by atoms with Crippen LogP contribution in [0.3, 0.4) is 0 Å². The minimum absolute atomic E-state index is 0.163. The van der Waals surface area contributed by atoms with Gasteiger partial charge in [0.2, 0.25) is 0 Å². The summed E-state index contributed by atoms with van der Waals surface area (Å²) in [4.78, 5) is 21.4. The summed E-state index contributed by atoms with van der Waals surface area (Å²) in [7, 11) is 0. The summed E-state index contributed by atoms with van der Waals surface area (Å²) in [6.45, 7) is 2.65. The van der Waals surface area contributed by atoms with Crippen molar-refractivity contribution < 1.29 is 24.2 Å². The van der Waals surface area contributed by atoms with E-state index < -0.39 is 12.2 Å². The Kier molecular flexibility index (Phi) is 5.97. The summed E-state index contributed by atoms with van der Waals surface area (Å²) in [5.74, 6) is -0.0875. The van der Waals surface area contributed by atoms with E-state index in [0.717, 1.165) is 12.8 Å². The summed E-state index contributed by atoms with van der Waals surface area (Å²) in [5.41, 5.74) is 0. The summed E-state index contributed by atoms with van der Waals surface area (Å²) in [5, 5.41) is 9.83. The molecule has 1 saturated carbocycles. The topological polar surface area (TPSA) is 72.8 Å². The van der Waals surface area contributed by atoms with Crippen molar-refractivity contribution in [1.82, 2.24) is 0 Å². The lowest BCUT2D eigenvalue weighted by molar-refractivity contribution is -0.159. The van der Waals surface area contributed by atoms with Crippen molar-refractivity contribution in [2.45, 2.75) is 51.2 Å². The van der Waals surface area contributed by atoms with Crippen molar-refractivity contribution in [3.63, 3.8) is 0 Å². The van der Waals surface area contributed by atoms with E-state index in [1.807, 2.05) is 6.92 Å². The fourth-order valence-electron chi connectivity index (χ4n) is 2.10. The van der Waals surface area contributed by atoms with Gasteiger partial charge in [0.25, 0.3) is 6.47 Å². The SMILES string of the molecule is CCCC(=O)OC1CCC(COC=O)CC1O. The van der Waals surface area contributed by atoms with Crippen LogP contribution in [0.15, 0.2) is 0 Å². The fraction of sp³-hybridized carbons (Fsp3) is 0.833. The molecule has 0 bridgehead atoms. The number of esters is 1. The highest BCUT2D eigenvalue weighted by atomic mass is 16.6. The summed E-state index contributed by atoms with van der Waals surface area (Å²) >= 11 is 0. The molecule has 0 saturated heterocycles. The average molecular weight is 244 g/mol. The molecule has 0 aromatic carbocycles. The first-order valence-corrected chi connectivity index (χ1v) is 6.10. The van der Waals surface area contributed by atoms with Crippen molar-refractivity contribution in [3.05, 3.63) is 0 Å². The zero-order chi connectivity index (χ0) is 12.7. The Hall–Kier alpha value is -1.10. The highest BCUT2D eigenvalue weighted by Gasteiger charge is 2.31. The molecule has 17 heavy (non-hydrogen) atoms. The van der Waals surface area contributed by atoms with Crippen LogP contribution in [-0.4, -0.2) is 36.4 Å². The molecule has 0 spiro atoms. The van der Waals surface area contributed by atoms with Gasteiger partial charge in [-0.2, -0.15) is 0 Å². The van der Waals surface area contributed by atoms with Crippen LogP contribution in [0.25, 0.3) is 0 Å². The molecule has 3 unspecified atom stereocenters. The van der Waals surface area contributed by atoms with Gasteiger partial charge in [-0.05, 0) is 31.6 Å². The second-order valence-electron chi connectivity index (χ2n) is 4.45. The van der Waals surface area contributed by atoms with Gasteiger partial charge in [-0.3, -0.25) is 9.59 Å². The predicted molar refractivity (Wildman–Crippen MR) is 60.2 cm³/mol. The van der Waals surface area contributed by atoms with Crippen LogP contribution in [0, 0.1) is 5.92 Å². The van der Waals surface area contributed by atoms with Gasteiger partial charge in [0.05, 0.1) is 12.7 Å². The van der Waals surface area contributed by atoms with Crippen LogP contribution in [0.4, 0.5) is 0 Å². The number of rotatable bonds is 6. The molecule has 1 rings (SSSR count). The Morgan fingerprint density at radius 3 is 2.82 bits per heavy atom. The Morgan fingerprint density at radius 2 is 2.24 bits per heavy atom. The van der Waals surface area contributed by atoms with Crippen molar-refractivity contribution in [2.75, 3.05) is 6.61 Å². The lowest BCUT2D eigenvalue weighted by Gasteiger charge is -2.32. The van der Waals surface area contributed by atoms with Crippen LogP contribution in [-0.2, 0) is 19.1 Å². The molecule has 1 N–H and O–H groups in total. The van der Waals surface area contributed by atoms with Crippen molar-refractivity contribution >= 4 is 12.4 Å². The minimum Gasteiger partial charge on any atom is -0.468 e. The van der Waals surface area contributed by atoms with E-state index in [9.17, 15) is 14.7 Å². The van der Waals surface area contributed by atoms with Crippen LogP contribution in [0.1, 0.15) is 39.0 Å². The average Bonchev–Trinajstić information content (AvgIpc) is 2.30. The monoisotopic (exact) mass is 244 g/mol. The van der Waals surface area contributed by atoms with Gasteiger partial charge < -0.3 is 14.6 Å². The molecule has 1 fully saturated rings. The molecule has 5 heteroatoms. The van der Waals surface area contributed by atoms with Gasteiger partial charge in [0.1, 0.15) is 6.10 Å². The van der Waals surface area contributed by atoms with E-state index >= 15 is 0 Å². The molecular weight excluding hydrogens is 224 g/mol. The number of hydrogen-bond acceptors (Lipinski definition) is 5. The van der Waals surface area contributed by atoms with E-state index in [1.165, 1.54) is 0 Å². The zero-order valence-electron chi connectivity index (χ0n) is 10.1. The van der Waals surface area contributed by atoms with E-state index in [-0.39, 0.29) is 11.9 Å². The zero-order valence-corrected chi connectivity index (χ0v) is 10.1. The highest BCUT2D eigenvalue weighted by Crippen LogP contribution is 2.27. The van der Waals surface area contributed by atoms with Gasteiger partial charge in [-0.25, -0.2) is 0 Å². The number of aliphatic hydroxyl groups excluding tert-OH is 1. The highest BCUT2D eigenvalue weighted by molar-refractivity contribution is 5.69. The lowest BCUT2D eigenvalue weighted by atomic mass is 9.86. The largest absolute Gasteiger partial charge is 0.468 e. The van der Waals surface area contributed by atoms with E-state index in [2.05, 4.69) is 4.74 Å². The normalized spacial score (nSPS) is 28.5. The maximum absolute atomic E-state index is 11.3. The van der Waals surface area contributed by atoms with Crippen molar-refractivity contribution in [1.29, 1.82) is 0 Å². The van der Waals surface area contributed by atoms with Crippen LogP contribution in [0.2, 0.25) is 0 Å². The number of hydrogen-bond donors (Lipinski definition) is 1. The standard InChI is InChI=1S/C12H20O5/c1-2-3-12(15)17-11-5-4-9(6-10(11)14)7-16-8-13/h8-11,14H,2-7H2,1H3. The number of ether oxygens (including phenoxy) is 2. The first-order valence-electron chi connectivity index (χ1n) is 6.10. The quantitative estimate of drug-likeness (QED) is 0.558. The molecule has 0 aliphatic heterocycles. The summed E-state index contributed by atoms with van der Waals surface area (Å²) < 4.78 is 9.87. The first-order chi connectivity index (χ1) is 8.17. The lowest BCUT2D eigenvalue weighted by Crippen LogP contribution is -2.38. The Balaban J connectivity index is 2.31. The molecule has 0 aromatic rings. The van der Waals surface area contributed by atoms with E-state index in [0.29, 0.717) is 32.3 Å². The van der Waals surface area contributed by atoms with Crippen molar-refractivity contribution in [3.8, 4) is 0 Å². The minimum atomic E-state index is -0.648. The molecule has 0 aromatic heterocycles. The van der Waals surface area contributed by atoms with Crippen LogP contribution >= 0.6 is 0 Å². The number of aliphatic hydroxyl groups is 1. The van der Waals surface area contributed by atoms with E-state index in [4.69, 9.17) is 4.74 Å². The van der Waals surface area contributed by atoms with Gasteiger partial charge >= 0.3 is 5.97 Å². The van der Waals surface area contributed by atoms with Gasteiger partial charge in [-0.1, -0.05) is 6.92 Å². The third-order valence-electron chi connectivity index (χ3n) is 3.00. The Labute approximate surface area is 101 Å². The number of carbonyl (C=O) groups excluding carboxylic acids is 2. The maximum Gasteiger partial charge on any atom is 0.306 e. The fourth-order valence-corrected chi connectivity index (χ4v) is 2.10. The Morgan fingerprint density at radius 1 is 1.47 bits per heavy atom. The third kappa shape index (κ3) is 4.73. The smallest absolute Gasteiger partial charge is 0.306 e. The predicted octanol–water partition coefficient (Wildman–Crippen LogP) is 1.03. The van der Waals surface area contributed by atoms with Gasteiger partial charge in [-0.15, -0.1) is 0 Å². The van der Waals surface area contributed by atoms with Gasteiger partial charge in [0.15, 0.2) is 0 Å². The second kappa shape index (κ2) is 7.27.